The molecule has 2 heterocycles. The lowest BCUT2D eigenvalue weighted by Gasteiger charge is -2.35. The van der Waals surface area contributed by atoms with Crippen molar-refractivity contribution in [3.8, 4) is 0 Å². The second-order valence-corrected chi connectivity index (χ2v) is 7.30. The lowest BCUT2D eigenvalue weighted by Crippen LogP contribution is -2.46. The molecular formula is C21H27ClN4O. The van der Waals surface area contributed by atoms with E-state index in [0.717, 1.165) is 52.1 Å². The molecule has 27 heavy (non-hydrogen) atoms. The number of pyridine rings is 1. The quantitative estimate of drug-likeness (QED) is 0.706. The highest BCUT2D eigenvalue weighted by atomic mass is 35.5. The molecule has 0 radical (unpaired) electrons. The number of amides is 1. The predicted octanol–water partition coefficient (Wildman–Crippen LogP) is 3.46. The van der Waals surface area contributed by atoms with Crippen molar-refractivity contribution in [1.29, 1.82) is 0 Å². The van der Waals surface area contributed by atoms with Crippen molar-refractivity contribution in [2.24, 2.45) is 0 Å². The van der Waals surface area contributed by atoms with Crippen LogP contribution in [0, 0.1) is 0 Å². The van der Waals surface area contributed by atoms with Gasteiger partial charge in [-0.05, 0) is 55.8 Å². The lowest BCUT2D eigenvalue weighted by atomic mass is 10.2. The maximum atomic E-state index is 12.0. The summed E-state index contributed by atoms with van der Waals surface area (Å²) in [5, 5.41) is 3.62. The molecule has 1 amide bonds. The third-order valence-electron chi connectivity index (χ3n) is 4.93. The minimum atomic E-state index is -0.0295. The average molecular weight is 387 g/mol. The summed E-state index contributed by atoms with van der Waals surface area (Å²) in [6.45, 7) is 6.17. The van der Waals surface area contributed by atoms with E-state index in [1.165, 1.54) is 12.1 Å². The molecule has 1 N–H and O–H groups in total. The number of rotatable bonds is 8. The Kier molecular flexibility index (Phi) is 7.48. The molecule has 2 aromatic rings. The molecule has 6 heteroatoms. The Balaban J connectivity index is 1.25. The number of aromatic nitrogens is 1. The van der Waals surface area contributed by atoms with Gasteiger partial charge in [-0.1, -0.05) is 18.0 Å². The summed E-state index contributed by atoms with van der Waals surface area (Å²) < 4.78 is 0. The number of hydrogen-bond donors (Lipinski definition) is 1. The molecule has 0 unspecified atom stereocenters. The first-order valence-corrected chi connectivity index (χ1v) is 10.0. The maximum absolute atomic E-state index is 12.0. The van der Waals surface area contributed by atoms with Crippen LogP contribution < -0.4 is 10.2 Å². The zero-order valence-corrected chi connectivity index (χ0v) is 16.4. The van der Waals surface area contributed by atoms with Crippen molar-refractivity contribution in [3.63, 3.8) is 0 Å². The standard InChI is InChI=1S/C21H27ClN4O/c22-19-8-6-18(7-9-19)21(27)24-11-2-1-3-12-25-13-15-26(16-14-25)20-5-4-10-23-17-20/h4-10,17H,1-3,11-16H2,(H,24,27). The first-order valence-electron chi connectivity index (χ1n) is 9.63. The summed E-state index contributed by atoms with van der Waals surface area (Å²) >= 11 is 5.84. The topological polar surface area (TPSA) is 48.5 Å². The fourth-order valence-corrected chi connectivity index (χ4v) is 3.44. The summed E-state index contributed by atoms with van der Waals surface area (Å²) in [4.78, 5) is 21.1. The highest BCUT2D eigenvalue weighted by Crippen LogP contribution is 2.14. The highest BCUT2D eigenvalue weighted by Gasteiger charge is 2.16. The molecule has 3 rings (SSSR count). The Labute approximate surface area is 166 Å². The summed E-state index contributed by atoms with van der Waals surface area (Å²) in [6, 6.07) is 11.1. The van der Waals surface area contributed by atoms with Crippen LogP contribution in [0.2, 0.25) is 5.02 Å². The van der Waals surface area contributed by atoms with Gasteiger partial charge in [-0.3, -0.25) is 14.7 Å². The minimum Gasteiger partial charge on any atom is -0.368 e. The van der Waals surface area contributed by atoms with Gasteiger partial charge in [0.15, 0.2) is 0 Å². The molecule has 5 nitrogen and oxygen atoms in total. The summed E-state index contributed by atoms with van der Waals surface area (Å²) in [5.41, 5.74) is 1.87. The van der Waals surface area contributed by atoms with Crippen LogP contribution in [0.1, 0.15) is 29.6 Å². The molecule has 1 fully saturated rings. The second kappa shape index (κ2) is 10.3. The number of piperazine rings is 1. The zero-order chi connectivity index (χ0) is 18.9. The van der Waals surface area contributed by atoms with E-state index in [2.05, 4.69) is 26.2 Å². The van der Waals surface area contributed by atoms with Crippen LogP contribution in [0.3, 0.4) is 0 Å². The molecular weight excluding hydrogens is 360 g/mol. The van der Waals surface area contributed by atoms with Crippen molar-refractivity contribution in [2.45, 2.75) is 19.3 Å². The molecule has 1 saturated heterocycles. The van der Waals surface area contributed by atoms with Gasteiger partial charge in [0.2, 0.25) is 0 Å². The van der Waals surface area contributed by atoms with E-state index in [0.29, 0.717) is 10.6 Å². The van der Waals surface area contributed by atoms with Crippen LogP contribution >= 0.6 is 11.6 Å². The van der Waals surface area contributed by atoms with Crippen molar-refractivity contribution in [1.82, 2.24) is 15.2 Å². The summed E-state index contributed by atoms with van der Waals surface area (Å²) in [7, 11) is 0. The molecule has 1 aromatic heterocycles. The van der Waals surface area contributed by atoms with Gasteiger partial charge in [0.1, 0.15) is 0 Å². The Morgan fingerprint density at radius 2 is 1.81 bits per heavy atom. The van der Waals surface area contributed by atoms with Crippen LogP contribution in [-0.4, -0.2) is 55.1 Å². The number of nitrogens with one attached hydrogen (secondary N) is 1. The van der Waals surface area contributed by atoms with Gasteiger partial charge in [0.25, 0.3) is 5.91 Å². The van der Waals surface area contributed by atoms with Crippen LogP contribution in [0.15, 0.2) is 48.8 Å². The predicted molar refractivity (Wildman–Crippen MR) is 111 cm³/mol. The average Bonchev–Trinajstić information content (AvgIpc) is 2.72. The monoisotopic (exact) mass is 386 g/mol. The lowest BCUT2D eigenvalue weighted by molar-refractivity contribution is 0.0953. The first kappa shape index (κ1) is 19.6. The third kappa shape index (κ3) is 6.22. The van der Waals surface area contributed by atoms with Crippen molar-refractivity contribution < 1.29 is 4.79 Å². The number of anilines is 1. The van der Waals surface area contributed by atoms with E-state index in [1.807, 2.05) is 18.5 Å². The van der Waals surface area contributed by atoms with E-state index in [4.69, 9.17) is 11.6 Å². The van der Waals surface area contributed by atoms with Gasteiger partial charge in [-0.2, -0.15) is 0 Å². The van der Waals surface area contributed by atoms with Crippen molar-refractivity contribution >= 4 is 23.2 Å². The molecule has 0 atom stereocenters. The molecule has 0 saturated carbocycles. The zero-order valence-electron chi connectivity index (χ0n) is 15.6. The van der Waals surface area contributed by atoms with Gasteiger partial charge < -0.3 is 10.2 Å². The SMILES string of the molecule is O=C(NCCCCCN1CCN(c2cccnc2)CC1)c1ccc(Cl)cc1. The van der Waals surface area contributed by atoms with E-state index in [1.54, 1.807) is 24.3 Å². The smallest absolute Gasteiger partial charge is 0.251 e. The van der Waals surface area contributed by atoms with E-state index in [-0.39, 0.29) is 5.91 Å². The number of hydrogen-bond acceptors (Lipinski definition) is 4. The van der Waals surface area contributed by atoms with Crippen molar-refractivity contribution in [3.05, 3.63) is 59.4 Å². The summed E-state index contributed by atoms with van der Waals surface area (Å²) in [5.74, 6) is -0.0295. The maximum Gasteiger partial charge on any atom is 0.251 e. The molecule has 0 spiro atoms. The molecule has 144 valence electrons. The molecule has 1 aliphatic heterocycles. The number of carbonyl (C=O) groups excluding carboxylic acids is 1. The molecule has 1 aliphatic rings. The largest absolute Gasteiger partial charge is 0.368 e. The molecule has 1 aromatic carbocycles. The molecule has 0 bridgehead atoms. The number of unbranched alkanes of at least 4 members (excludes halogenated alkanes) is 2. The van der Waals surface area contributed by atoms with Crippen LogP contribution in [0.5, 0.6) is 0 Å². The Morgan fingerprint density at radius 3 is 2.52 bits per heavy atom. The van der Waals surface area contributed by atoms with Crippen LogP contribution in [-0.2, 0) is 0 Å². The van der Waals surface area contributed by atoms with Crippen molar-refractivity contribution in [2.75, 3.05) is 44.2 Å². The normalized spacial score (nSPS) is 14.9. The fourth-order valence-electron chi connectivity index (χ4n) is 3.31. The Bertz CT molecular complexity index is 700. The number of nitrogens with zero attached hydrogens (tertiary/aromatic N) is 3. The van der Waals surface area contributed by atoms with Crippen LogP contribution in [0.25, 0.3) is 0 Å². The van der Waals surface area contributed by atoms with Gasteiger partial charge in [-0.15, -0.1) is 0 Å². The minimum absolute atomic E-state index is 0.0295. The van der Waals surface area contributed by atoms with E-state index in [9.17, 15) is 4.79 Å². The van der Waals surface area contributed by atoms with Gasteiger partial charge >= 0.3 is 0 Å². The van der Waals surface area contributed by atoms with Gasteiger partial charge in [0, 0.05) is 49.5 Å². The number of carbonyl (C=O) groups is 1. The van der Waals surface area contributed by atoms with E-state index >= 15 is 0 Å². The Morgan fingerprint density at radius 1 is 1.04 bits per heavy atom. The third-order valence-corrected chi connectivity index (χ3v) is 5.18. The van der Waals surface area contributed by atoms with Crippen LogP contribution in [0.4, 0.5) is 5.69 Å². The van der Waals surface area contributed by atoms with Gasteiger partial charge in [-0.25, -0.2) is 0 Å². The number of halogens is 1. The summed E-state index contributed by atoms with van der Waals surface area (Å²) in [6.07, 6.45) is 7.06. The fraction of sp³-hybridized carbons (Fsp3) is 0.429. The molecule has 0 aliphatic carbocycles. The number of benzene rings is 1. The highest BCUT2D eigenvalue weighted by molar-refractivity contribution is 6.30. The van der Waals surface area contributed by atoms with E-state index < -0.39 is 0 Å². The van der Waals surface area contributed by atoms with Gasteiger partial charge in [0.05, 0.1) is 11.9 Å². The first-order chi connectivity index (χ1) is 13.2. The second-order valence-electron chi connectivity index (χ2n) is 6.86. The Hall–Kier alpha value is -2.11.